The van der Waals surface area contributed by atoms with Crippen LogP contribution in [0.2, 0.25) is 0 Å². The predicted molar refractivity (Wildman–Crippen MR) is 90.7 cm³/mol. The molecule has 0 atom stereocenters. The fourth-order valence-electron chi connectivity index (χ4n) is 1.52. The molecule has 24 heavy (non-hydrogen) atoms. The highest BCUT2D eigenvalue weighted by Crippen LogP contribution is 2.18. The molecule has 2 N–H and O–H groups in total. The lowest BCUT2D eigenvalue weighted by atomic mass is 10.0. The third-order valence-corrected chi connectivity index (χ3v) is 2.91. The summed E-state index contributed by atoms with van der Waals surface area (Å²) < 4.78 is 11.1. The molecule has 0 aliphatic heterocycles. The number of likely N-dealkylation sites (N-methyl/N-ethyl adjacent to an activating group) is 1. The Morgan fingerprint density at radius 3 is 1.96 bits per heavy atom. The van der Waals surface area contributed by atoms with Gasteiger partial charge in [0.2, 0.25) is 0 Å². The minimum atomic E-state index is -1.82. The third-order valence-electron chi connectivity index (χ3n) is 2.91. The molecule has 1 aromatic rings. The number of aliphatic carboxylic acids is 2. The number of carboxylic acid groups (broad SMARTS) is 2. The SMILES string of the molecule is CC(C)c1ccc(OCCOCCN(C)C)cc1.O=C(O)C(=O)O. The van der Waals surface area contributed by atoms with Crippen LogP contribution in [0.15, 0.2) is 24.3 Å². The van der Waals surface area contributed by atoms with Crippen molar-refractivity contribution in [3.8, 4) is 5.75 Å². The molecule has 0 bridgehead atoms. The molecule has 7 heteroatoms. The van der Waals surface area contributed by atoms with E-state index in [0.29, 0.717) is 19.1 Å². The Balaban J connectivity index is 0.000000754. The predicted octanol–water partition coefficient (Wildman–Crippen LogP) is 1.92. The molecule has 0 aromatic heterocycles. The quantitative estimate of drug-likeness (QED) is 0.551. The Morgan fingerprint density at radius 2 is 1.54 bits per heavy atom. The monoisotopic (exact) mass is 341 g/mol. The van der Waals surface area contributed by atoms with Gasteiger partial charge >= 0.3 is 11.9 Å². The molecule has 1 aromatic carbocycles. The molecule has 0 saturated carbocycles. The van der Waals surface area contributed by atoms with Crippen LogP contribution in [-0.2, 0) is 14.3 Å². The van der Waals surface area contributed by atoms with Crippen molar-refractivity contribution in [3.05, 3.63) is 29.8 Å². The van der Waals surface area contributed by atoms with Crippen molar-refractivity contribution in [1.82, 2.24) is 4.90 Å². The van der Waals surface area contributed by atoms with Gasteiger partial charge in [-0.15, -0.1) is 0 Å². The molecule has 0 unspecified atom stereocenters. The van der Waals surface area contributed by atoms with E-state index in [1.807, 2.05) is 26.2 Å². The third kappa shape index (κ3) is 11.4. The minimum Gasteiger partial charge on any atom is -0.491 e. The van der Waals surface area contributed by atoms with Crippen molar-refractivity contribution >= 4 is 11.9 Å². The number of nitrogens with zero attached hydrogens (tertiary/aromatic N) is 1. The molecule has 136 valence electrons. The zero-order chi connectivity index (χ0) is 18.5. The fourth-order valence-corrected chi connectivity index (χ4v) is 1.52. The molecular weight excluding hydrogens is 314 g/mol. The maximum Gasteiger partial charge on any atom is 0.414 e. The lowest BCUT2D eigenvalue weighted by molar-refractivity contribution is -0.159. The van der Waals surface area contributed by atoms with Crippen molar-refractivity contribution in [1.29, 1.82) is 0 Å². The number of ether oxygens (including phenoxy) is 2. The van der Waals surface area contributed by atoms with Crippen molar-refractivity contribution in [2.24, 2.45) is 0 Å². The Bertz CT molecular complexity index is 472. The molecule has 7 nitrogen and oxygen atoms in total. The highest BCUT2D eigenvalue weighted by atomic mass is 16.5. The molecule has 0 aliphatic carbocycles. The maximum atomic E-state index is 9.10. The summed E-state index contributed by atoms with van der Waals surface area (Å²) in [6, 6.07) is 8.28. The zero-order valence-corrected chi connectivity index (χ0v) is 14.7. The first kappa shape index (κ1) is 21.9. The average Bonchev–Trinajstić information content (AvgIpc) is 2.51. The van der Waals surface area contributed by atoms with E-state index in [1.54, 1.807) is 0 Å². The number of rotatable bonds is 8. The zero-order valence-electron chi connectivity index (χ0n) is 14.7. The summed E-state index contributed by atoms with van der Waals surface area (Å²) in [5.74, 6) is -2.17. The fraction of sp³-hybridized carbons (Fsp3) is 0.529. The van der Waals surface area contributed by atoms with Crippen LogP contribution in [0.25, 0.3) is 0 Å². The van der Waals surface area contributed by atoms with E-state index in [4.69, 9.17) is 29.3 Å². The van der Waals surface area contributed by atoms with E-state index in [2.05, 4.69) is 30.9 Å². The van der Waals surface area contributed by atoms with Crippen molar-refractivity contribution in [3.63, 3.8) is 0 Å². The highest BCUT2D eigenvalue weighted by Gasteiger charge is 2.04. The second-order valence-electron chi connectivity index (χ2n) is 5.60. The number of carbonyl (C=O) groups is 2. The van der Waals surface area contributed by atoms with Crippen LogP contribution in [0.3, 0.4) is 0 Å². The average molecular weight is 341 g/mol. The van der Waals surface area contributed by atoms with Gasteiger partial charge in [-0.2, -0.15) is 0 Å². The van der Waals surface area contributed by atoms with Crippen LogP contribution in [-0.4, -0.2) is 67.5 Å². The molecule has 0 fully saturated rings. The van der Waals surface area contributed by atoms with Gasteiger partial charge in [-0.25, -0.2) is 9.59 Å². The van der Waals surface area contributed by atoms with Gasteiger partial charge in [0.15, 0.2) is 0 Å². The summed E-state index contributed by atoms with van der Waals surface area (Å²) in [5, 5.41) is 14.8. The summed E-state index contributed by atoms with van der Waals surface area (Å²) in [6.07, 6.45) is 0. The standard InChI is InChI=1S/C15H25NO2.C2H2O4/c1-13(2)14-5-7-15(8-6-14)18-12-11-17-10-9-16(3)4;3-1(4)2(5)6/h5-8,13H,9-12H2,1-4H3;(H,3,4)(H,5,6). The molecule has 0 heterocycles. The first-order valence-corrected chi connectivity index (χ1v) is 7.65. The lowest BCUT2D eigenvalue weighted by Gasteiger charge is -2.11. The van der Waals surface area contributed by atoms with Gasteiger partial charge in [0.1, 0.15) is 12.4 Å². The summed E-state index contributed by atoms with van der Waals surface area (Å²) in [5.41, 5.74) is 1.34. The number of carboxylic acids is 2. The van der Waals surface area contributed by atoms with Crippen LogP contribution >= 0.6 is 0 Å². The summed E-state index contributed by atoms with van der Waals surface area (Å²) in [6.45, 7) is 7.32. The van der Waals surface area contributed by atoms with Gasteiger partial charge < -0.3 is 24.6 Å². The van der Waals surface area contributed by atoms with Crippen molar-refractivity contribution < 1.29 is 29.3 Å². The van der Waals surface area contributed by atoms with Gasteiger partial charge in [0.25, 0.3) is 0 Å². The number of hydrogen-bond acceptors (Lipinski definition) is 5. The van der Waals surface area contributed by atoms with Crippen LogP contribution in [0.4, 0.5) is 0 Å². The normalized spacial score (nSPS) is 10.2. The van der Waals surface area contributed by atoms with E-state index >= 15 is 0 Å². The molecular formula is C17H27NO6. The lowest BCUT2D eigenvalue weighted by Crippen LogP contribution is -2.19. The molecule has 0 radical (unpaired) electrons. The second-order valence-corrected chi connectivity index (χ2v) is 5.60. The van der Waals surface area contributed by atoms with E-state index in [9.17, 15) is 0 Å². The van der Waals surface area contributed by atoms with Crippen LogP contribution in [0, 0.1) is 0 Å². The number of hydrogen-bond donors (Lipinski definition) is 2. The smallest absolute Gasteiger partial charge is 0.414 e. The van der Waals surface area contributed by atoms with Crippen molar-refractivity contribution in [2.75, 3.05) is 40.5 Å². The van der Waals surface area contributed by atoms with Gasteiger partial charge in [0.05, 0.1) is 13.2 Å². The van der Waals surface area contributed by atoms with E-state index in [0.717, 1.165) is 18.9 Å². The van der Waals surface area contributed by atoms with E-state index in [-0.39, 0.29) is 0 Å². The number of benzene rings is 1. The second kappa shape index (κ2) is 12.3. The van der Waals surface area contributed by atoms with Crippen LogP contribution < -0.4 is 4.74 Å². The highest BCUT2D eigenvalue weighted by molar-refractivity contribution is 6.27. The van der Waals surface area contributed by atoms with Crippen molar-refractivity contribution in [2.45, 2.75) is 19.8 Å². The summed E-state index contributed by atoms with van der Waals surface area (Å²) >= 11 is 0. The van der Waals surface area contributed by atoms with Gasteiger partial charge in [-0.3, -0.25) is 0 Å². The largest absolute Gasteiger partial charge is 0.491 e. The summed E-state index contributed by atoms with van der Waals surface area (Å²) in [7, 11) is 4.08. The van der Waals surface area contributed by atoms with Crippen LogP contribution in [0.5, 0.6) is 5.75 Å². The minimum absolute atomic E-state index is 0.563. The van der Waals surface area contributed by atoms with Crippen LogP contribution in [0.1, 0.15) is 25.3 Å². The Labute approximate surface area is 142 Å². The maximum absolute atomic E-state index is 9.10. The molecule has 1 rings (SSSR count). The molecule has 0 saturated heterocycles. The van der Waals surface area contributed by atoms with Gasteiger partial charge in [-0.05, 0) is 37.7 Å². The van der Waals surface area contributed by atoms with E-state index in [1.165, 1.54) is 5.56 Å². The topological polar surface area (TPSA) is 96.3 Å². The molecule has 0 amide bonds. The first-order chi connectivity index (χ1) is 11.2. The Morgan fingerprint density at radius 1 is 1.00 bits per heavy atom. The van der Waals surface area contributed by atoms with Gasteiger partial charge in [-0.1, -0.05) is 26.0 Å². The van der Waals surface area contributed by atoms with E-state index < -0.39 is 11.9 Å². The Kier molecular flexibility index (Phi) is 11.2. The molecule has 0 spiro atoms. The van der Waals surface area contributed by atoms with Gasteiger partial charge in [0, 0.05) is 6.54 Å². The first-order valence-electron chi connectivity index (χ1n) is 7.65. The summed E-state index contributed by atoms with van der Waals surface area (Å²) in [4.78, 5) is 20.3. The molecule has 0 aliphatic rings. The Hall–Kier alpha value is -2.12.